The molecule has 1 saturated heterocycles. The van der Waals surface area contributed by atoms with E-state index in [4.69, 9.17) is 18.9 Å². The van der Waals surface area contributed by atoms with Gasteiger partial charge in [0.2, 0.25) is 0 Å². The summed E-state index contributed by atoms with van der Waals surface area (Å²) in [7, 11) is 1.54. The molecule has 3 aliphatic heterocycles. The molecule has 2 aromatic carbocycles. The minimum absolute atomic E-state index is 0.0476. The standard InChI is InChI=1S/C37H47BrN4O7/c1-6-19-48-36(45)42-25-29-21-27(26-10-12-28(13-11-26)39-15-17-40(18-16-39)35(44)49-37(2,3)4)24-41(29)34(43)30-22-32(46-5)33(23-31(30)42)47-20-9-7-8-14-38/h6,10-13,22-24,29H,1,7-9,14-21,25H2,2-5H3/t29-/m0/s1. The van der Waals surface area contributed by atoms with E-state index in [1.165, 1.54) is 18.1 Å². The fraction of sp³-hybridized carbons (Fsp3) is 0.486. The Morgan fingerprint density at radius 1 is 1.00 bits per heavy atom. The van der Waals surface area contributed by atoms with Crippen LogP contribution in [0.5, 0.6) is 11.5 Å². The van der Waals surface area contributed by atoms with E-state index >= 15 is 0 Å². The van der Waals surface area contributed by atoms with Gasteiger partial charge in [-0.25, -0.2) is 9.59 Å². The number of benzene rings is 2. The average molecular weight is 740 g/mol. The summed E-state index contributed by atoms with van der Waals surface area (Å²) in [5.74, 6) is 0.672. The lowest BCUT2D eigenvalue weighted by Crippen LogP contribution is -2.50. The van der Waals surface area contributed by atoms with Gasteiger partial charge in [-0.05, 0) is 75.8 Å². The van der Waals surface area contributed by atoms with Gasteiger partial charge < -0.3 is 33.6 Å². The molecule has 1 atom stereocenters. The van der Waals surface area contributed by atoms with Crippen molar-refractivity contribution in [2.24, 2.45) is 0 Å². The monoisotopic (exact) mass is 738 g/mol. The molecule has 0 aromatic heterocycles. The number of carbonyl (C=O) groups is 3. The van der Waals surface area contributed by atoms with Crippen LogP contribution >= 0.6 is 15.9 Å². The zero-order valence-electron chi connectivity index (χ0n) is 28.9. The van der Waals surface area contributed by atoms with E-state index in [0.29, 0.717) is 62.0 Å². The maximum absolute atomic E-state index is 14.1. The number of fused-ring (bicyclic) bond motifs is 2. The molecule has 0 unspecified atom stereocenters. The molecule has 0 saturated carbocycles. The zero-order valence-corrected chi connectivity index (χ0v) is 30.5. The molecule has 3 aliphatic rings. The minimum atomic E-state index is -0.561. The highest BCUT2D eigenvalue weighted by atomic mass is 79.9. The van der Waals surface area contributed by atoms with Gasteiger partial charge in [0, 0.05) is 49.5 Å². The Morgan fingerprint density at radius 3 is 2.39 bits per heavy atom. The lowest BCUT2D eigenvalue weighted by molar-refractivity contribution is 0.0240. The third kappa shape index (κ3) is 8.70. The summed E-state index contributed by atoms with van der Waals surface area (Å²) < 4.78 is 22.7. The molecule has 11 nitrogen and oxygen atoms in total. The van der Waals surface area contributed by atoms with E-state index < -0.39 is 11.7 Å². The van der Waals surface area contributed by atoms with Crippen molar-refractivity contribution >= 4 is 51.0 Å². The van der Waals surface area contributed by atoms with Gasteiger partial charge in [-0.1, -0.05) is 40.7 Å². The van der Waals surface area contributed by atoms with Crippen molar-refractivity contribution in [1.82, 2.24) is 9.80 Å². The zero-order chi connectivity index (χ0) is 35.1. The maximum atomic E-state index is 14.1. The molecule has 3 heterocycles. The summed E-state index contributed by atoms with van der Waals surface area (Å²) in [6, 6.07) is 11.3. The van der Waals surface area contributed by atoms with Crippen molar-refractivity contribution in [3.63, 3.8) is 0 Å². The first-order valence-corrected chi connectivity index (χ1v) is 18.0. The number of anilines is 2. The fourth-order valence-electron chi connectivity index (χ4n) is 6.21. The Bertz CT molecular complexity index is 1550. The fourth-order valence-corrected chi connectivity index (χ4v) is 6.60. The summed E-state index contributed by atoms with van der Waals surface area (Å²) in [6.07, 6.45) is 6.06. The quantitative estimate of drug-likeness (QED) is 0.137. The molecule has 0 aliphatic carbocycles. The normalized spacial score (nSPS) is 17.5. The van der Waals surface area contributed by atoms with Crippen molar-refractivity contribution in [3.05, 3.63) is 66.4 Å². The van der Waals surface area contributed by atoms with Gasteiger partial charge in [0.05, 0.1) is 37.6 Å². The smallest absolute Gasteiger partial charge is 0.414 e. The van der Waals surface area contributed by atoms with E-state index in [2.05, 4.69) is 51.7 Å². The predicted molar refractivity (Wildman–Crippen MR) is 194 cm³/mol. The lowest BCUT2D eigenvalue weighted by Gasteiger charge is -2.36. The van der Waals surface area contributed by atoms with Crippen LogP contribution in [0.15, 0.2) is 55.3 Å². The molecule has 5 rings (SSSR count). The predicted octanol–water partition coefficient (Wildman–Crippen LogP) is 7.09. The van der Waals surface area contributed by atoms with E-state index in [9.17, 15) is 14.4 Å². The van der Waals surface area contributed by atoms with Crippen LogP contribution in [0.25, 0.3) is 5.57 Å². The number of hydrogen-bond donors (Lipinski definition) is 0. The summed E-state index contributed by atoms with van der Waals surface area (Å²) in [6.45, 7) is 12.6. The number of alkyl halides is 1. The Labute approximate surface area is 297 Å². The molecule has 0 N–H and O–H groups in total. The number of carbonyl (C=O) groups excluding carboxylic acids is 3. The second-order valence-corrected chi connectivity index (χ2v) is 14.1. The number of unbranched alkanes of at least 4 members (excludes halogenated alkanes) is 2. The van der Waals surface area contributed by atoms with E-state index in [-0.39, 0.29) is 31.2 Å². The van der Waals surface area contributed by atoms with Gasteiger partial charge in [0.1, 0.15) is 12.2 Å². The van der Waals surface area contributed by atoms with Gasteiger partial charge >= 0.3 is 12.2 Å². The highest BCUT2D eigenvalue weighted by Crippen LogP contribution is 2.42. The molecule has 1 fully saturated rings. The molecule has 49 heavy (non-hydrogen) atoms. The van der Waals surface area contributed by atoms with Crippen molar-refractivity contribution in [1.29, 1.82) is 0 Å². The molecular weight excluding hydrogens is 692 g/mol. The number of halogens is 1. The Hall–Kier alpha value is -4.19. The van der Waals surface area contributed by atoms with Crippen molar-refractivity contribution < 1.29 is 33.3 Å². The van der Waals surface area contributed by atoms with Crippen LogP contribution < -0.4 is 19.3 Å². The van der Waals surface area contributed by atoms with Crippen LogP contribution in [-0.2, 0) is 9.47 Å². The van der Waals surface area contributed by atoms with Crippen LogP contribution in [0.2, 0.25) is 0 Å². The van der Waals surface area contributed by atoms with Crippen molar-refractivity contribution in [2.75, 3.05) is 68.2 Å². The number of piperazine rings is 1. The molecule has 12 heteroatoms. The molecule has 2 aromatic rings. The van der Waals surface area contributed by atoms with Crippen LogP contribution in [-0.4, -0.2) is 97.9 Å². The SMILES string of the molecule is C=CCOC(=O)N1C[C@@H]2CC(c3ccc(N4CCN(C(=O)OC(C)(C)C)CC4)cc3)=CN2C(=O)c2cc(OC)c(OCCCCCBr)cc21. The van der Waals surface area contributed by atoms with Crippen LogP contribution in [0.4, 0.5) is 21.0 Å². The summed E-state index contributed by atoms with van der Waals surface area (Å²) in [4.78, 5) is 47.3. The molecule has 264 valence electrons. The number of ether oxygens (including phenoxy) is 4. The van der Waals surface area contributed by atoms with Gasteiger partial charge in [-0.2, -0.15) is 0 Å². The molecule has 3 amide bonds. The maximum Gasteiger partial charge on any atom is 0.414 e. The van der Waals surface area contributed by atoms with E-state index in [0.717, 1.165) is 41.4 Å². The molecule has 0 bridgehead atoms. The van der Waals surface area contributed by atoms with Crippen molar-refractivity contribution in [3.8, 4) is 11.5 Å². The minimum Gasteiger partial charge on any atom is -0.493 e. The number of amides is 3. The average Bonchev–Trinajstić information content (AvgIpc) is 3.48. The van der Waals surface area contributed by atoms with Gasteiger partial charge in [-0.15, -0.1) is 0 Å². The van der Waals surface area contributed by atoms with Crippen LogP contribution in [0.1, 0.15) is 62.4 Å². The Balaban J connectivity index is 1.34. The topological polar surface area (TPSA) is 101 Å². The largest absolute Gasteiger partial charge is 0.493 e. The van der Waals surface area contributed by atoms with Crippen LogP contribution in [0.3, 0.4) is 0 Å². The van der Waals surface area contributed by atoms with Gasteiger partial charge in [0.15, 0.2) is 11.5 Å². The Kier molecular flexibility index (Phi) is 11.8. The molecule has 0 radical (unpaired) electrons. The van der Waals surface area contributed by atoms with Gasteiger partial charge in [0.25, 0.3) is 5.91 Å². The van der Waals surface area contributed by atoms with Crippen molar-refractivity contribution in [2.45, 2.75) is 58.1 Å². The van der Waals surface area contributed by atoms with E-state index in [1.807, 2.05) is 27.0 Å². The lowest BCUT2D eigenvalue weighted by atomic mass is 10.0. The number of hydrogen-bond acceptors (Lipinski definition) is 8. The number of rotatable bonds is 11. The van der Waals surface area contributed by atoms with E-state index in [1.54, 1.807) is 21.9 Å². The molecular formula is C37H47BrN4O7. The highest BCUT2D eigenvalue weighted by Gasteiger charge is 2.40. The highest BCUT2D eigenvalue weighted by molar-refractivity contribution is 9.09. The number of methoxy groups -OCH3 is 1. The summed E-state index contributed by atoms with van der Waals surface area (Å²) >= 11 is 3.46. The summed E-state index contributed by atoms with van der Waals surface area (Å²) in [5, 5.41) is 0.939. The molecule has 0 spiro atoms. The van der Waals surface area contributed by atoms with Gasteiger partial charge in [-0.3, -0.25) is 9.69 Å². The first kappa shape index (κ1) is 36.1. The van der Waals surface area contributed by atoms with Crippen LogP contribution in [0, 0.1) is 0 Å². The second-order valence-electron chi connectivity index (χ2n) is 13.3. The third-order valence-corrected chi connectivity index (χ3v) is 9.25. The Morgan fingerprint density at radius 2 is 1.73 bits per heavy atom. The summed E-state index contributed by atoms with van der Waals surface area (Å²) in [5.41, 5.74) is 3.30. The second kappa shape index (κ2) is 16.0. The first-order valence-electron chi connectivity index (χ1n) is 16.9. The third-order valence-electron chi connectivity index (χ3n) is 8.69. The number of nitrogens with zero attached hydrogens (tertiary/aromatic N) is 4. The first-order chi connectivity index (χ1) is 23.5.